The summed E-state index contributed by atoms with van der Waals surface area (Å²) in [6, 6.07) is 17.0. The number of carbonyl (C=O) groups excluding carboxylic acids is 2. The molecule has 0 bridgehead atoms. The second kappa shape index (κ2) is 9.39. The summed E-state index contributed by atoms with van der Waals surface area (Å²) in [6.07, 6.45) is 0. The molecule has 0 saturated carbocycles. The highest BCUT2D eigenvalue weighted by Crippen LogP contribution is 2.16. The monoisotopic (exact) mass is 411 g/mol. The number of ether oxygens (including phenoxy) is 1. The van der Waals surface area contributed by atoms with Gasteiger partial charge in [-0.25, -0.2) is 4.79 Å². The topological polar surface area (TPSA) is 73.2 Å². The zero-order chi connectivity index (χ0) is 20.8. The van der Waals surface area contributed by atoms with Crippen molar-refractivity contribution >= 4 is 23.5 Å². The molecule has 7 heteroatoms. The molecule has 0 radical (unpaired) electrons. The minimum absolute atomic E-state index is 0.310. The van der Waals surface area contributed by atoms with Gasteiger partial charge in [-0.1, -0.05) is 54.1 Å². The number of amides is 1. The lowest BCUT2D eigenvalue weighted by atomic mass is 10.2. The molecule has 1 N–H and O–H groups in total. The van der Waals surface area contributed by atoms with Crippen LogP contribution in [0.4, 0.5) is 0 Å². The van der Waals surface area contributed by atoms with Crippen LogP contribution in [0.1, 0.15) is 32.9 Å². The molecule has 150 valence electrons. The van der Waals surface area contributed by atoms with Crippen molar-refractivity contribution in [3.05, 3.63) is 87.7 Å². The molecule has 3 aromatic rings. The Hall–Kier alpha value is -3.12. The highest BCUT2D eigenvalue weighted by molar-refractivity contribution is 6.30. The van der Waals surface area contributed by atoms with Gasteiger partial charge in [0.2, 0.25) is 0 Å². The Morgan fingerprint density at radius 3 is 2.52 bits per heavy atom. The third-order valence-electron chi connectivity index (χ3n) is 4.47. The lowest BCUT2D eigenvalue weighted by Crippen LogP contribution is -2.28. The van der Waals surface area contributed by atoms with Crippen LogP contribution in [0.25, 0.3) is 0 Å². The van der Waals surface area contributed by atoms with Gasteiger partial charge in [0.25, 0.3) is 5.91 Å². The summed E-state index contributed by atoms with van der Waals surface area (Å²) in [4.78, 5) is 24.5. The summed E-state index contributed by atoms with van der Waals surface area (Å²) in [6.45, 7) is 4.08. The van der Waals surface area contributed by atoms with Gasteiger partial charge in [0.15, 0.2) is 6.61 Å². The van der Waals surface area contributed by atoms with Crippen molar-refractivity contribution in [1.82, 2.24) is 15.1 Å². The van der Waals surface area contributed by atoms with Gasteiger partial charge in [-0.2, -0.15) is 5.10 Å². The number of esters is 1. The van der Waals surface area contributed by atoms with Crippen LogP contribution in [0.3, 0.4) is 0 Å². The SMILES string of the molecule is Cc1nn(Cc2ccccc2)c(C)c1C(=O)OCC(=O)NCc1cccc(Cl)c1. The molecule has 0 spiro atoms. The standard InChI is InChI=1S/C22H22ClN3O3/c1-15-21(16(2)26(25-15)13-17-7-4-3-5-8-17)22(28)29-14-20(27)24-12-18-9-6-10-19(23)11-18/h3-11H,12-14H2,1-2H3,(H,24,27). The molecule has 1 heterocycles. The van der Waals surface area contributed by atoms with Gasteiger partial charge in [0.1, 0.15) is 5.56 Å². The van der Waals surface area contributed by atoms with E-state index in [1.165, 1.54) is 0 Å². The van der Waals surface area contributed by atoms with Gasteiger partial charge in [-0.3, -0.25) is 9.48 Å². The summed E-state index contributed by atoms with van der Waals surface area (Å²) < 4.78 is 6.96. The molecule has 3 rings (SSSR count). The second-order valence-electron chi connectivity index (χ2n) is 6.67. The summed E-state index contributed by atoms with van der Waals surface area (Å²) in [5.41, 5.74) is 3.62. The number of halogens is 1. The van der Waals surface area contributed by atoms with E-state index in [0.29, 0.717) is 35.1 Å². The van der Waals surface area contributed by atoms with Crippen molar-refractivity contribution < 1.29 is 14.3 Å². The highest BCUT2D eigenvalue weighted by atomic mass is 35.5. The first kappa shape index (κ1) is 20.6. The van der Waals surface area contributed by atoms with Crippen molar-refractivity contribution in [3.63, 3.8) is 0 Å². The molecule has 0 aliphatic rings. The first-order valence-electron chi connectivity index (χ1n) is 9.20. The number of aryl methyl sites for hydroxylation is 1. The average Bonchev–Trinajstić information content (AvgIpc) is 2.98. The van der Waals surface area contributed by atoms with Crippen LogP contribution in [-0.2, 0) is 22.6 Å². The Morgan fingerprint density at radius 1 is 1.07 bits per heavy atom. The molecule has 1 aromatic heterocycles. The maximum atomic E-state index is 12.5. The van der Waals surface area contributed by atoms with E-state index in [4.69, 9.17) is 16.3 Å². The van der Waals surface area contributed by atoms with E-state index in [0.717, 1.165) is 11.1 Å². The fourth-order valence-corrected chi connectivity index (χ4v) is 3.22. The summed E-state index contributed by atoms with van der Waals surface area (Å²) >= 11 is 5.92. The van der Waals surface area contributed by atoms with Gasteiger partial charge in [-0.15, -0.1) is 0 Å². The Bertz CT molecular complexity index is 1020. The van der Waals surface area contributed by atoms with E-state index in [9.17, 15) is 9.59 Å². The molecule has 1 amide bonds. The van der Waals surface area contributed by atoms with Crippen LogP contribution in [0.5, 0.6) is 0 Å². The van der Waals surface area contributed by atoms with E-state index in [1.54, 1.807) is 23.7 Å². The van der Waals surface area contributed by atoms with E-state index < -0.39 is 5.97 Å². The first-order chi connectivity index (χ1) is 13.9. The fraction of sp³-hybridized carbons (Fsp3) is 0.227. The highest BCUT2D eigenvalue weighted by Gasteiger charge is 2.21. The Labute approximate surface area is 174 Å². The molecule has 0 fully saturated rings. The minimum Gasteiger partial charge on any atom is -0.452 e. The number of nitrogens with zero attached hydrogens (tertiary/aromatic N) is 2. The number of aromatic nitrogens is 2. The van der Waals surface area contributed by atoms with Gasteiger partial charge in [-0.05, 0) is 37.1 Å². The van der Waals surface area contributed by atoms with Gasteiger partial charge in [0, 0.05) is 11.6 Å². The van der Waals surface area contributed by atoms with E-state index in [2.05, 4.69) is 10.4 Å². The van der Waals surface area contributed by atoms with Crippen molar-refractivity contribution in [1.29, 1.82) is 0 Å². The maximum Gasteiger partial charge on any atom is 0.342 e. The predicted molar refractivity (Wildman–Crippen MR) is 111 cm³/mol. The molecule has 0 aliphatic carbocycles. The molecule has 6 nitrogen and oxygen atoms in total. The zero-order valence-electron chi connectivity index (χ0n) is 16.3. The quantitative estimate of drug-likeness (QED) is 0.602. The molecular weight excluding hydrogens is 390 g/mol. The van der Waals surface area contributed by atoms with Crippen molar-refractivity contribution in [2.75, 3.05) is 6.61 Å². The summed E-state index contributed by atoms with van der Waals surface area (Å²) in [5, 5.41) is 7.74. The number of hydrogen-bond acceptors (Lipinski definition) is 4. The van der Waals surface area contributed by atoms with Crippen molar-refractivity contribution in [2.45, 2.75) is 26.9 Å². The number of hydrogen-bond donors (Lipinski definition) is 1. The molecule has 0 atom stereocenters. The van der Waals surface area contributed by atoms with Crippen LogP contribution in [0.2, 0.25) is 5.02 Å². The molecule has 0 aliphatic heterocycles. The van der Waals surface area contributed by atoms with Crippen LogP contribution in [0, 0.1) is 13.8 Å². The summed E-state index contributed by atoms with van der Waals surface area (Å²) in [5.74, 6) is -0.942. The largest absolute Gasteiger partial charge is 0.452 e. The Balaban J connectivity index is 1.57. The van der Waals surface area contributed by atoms with E-state index in [1.807, 2.05) is 49.4 Å². The number of benzene rings is 2. The first-order valence-corrected chi connectivity index (χ1v) is 9.58. The average molecular weight is 412 g/mol. The van der Waals surface area contributed by atoms with Crippen LogP contribution in [-0.4, -0.2) is 28.3 Å². The van der Waals surface area contributed by atoms with E-state index in [-0.39, 0.29) is 12.5 Å². The Kier molecular flexibility index (Phi) is 6.67. The molecule has 0 unspecified atom stereocenters. The number of carbonyl (C=O) groups is 2. The third-order valence-corrected chi connectivity index (χ3v) is 4.71. The molecule has 29 heavy (non-hydrogen) atoms. The van der Waals surface area contributed by atoms with Gasteiger partial charge in [0.05, 0.1) is 17.9 Å². The smallest absolute Gasteiger partial charge is 0.342 e. The maximum absolute atomic E-state index is 12.5. The van der Waals surface area contributed by atoms with Crippen LogP contribution in [0.15, 0.2) is 54.6 Å². The Morgan fingerprint density at radius 2 is 1.79 bits per heavy atom. The second-order valence-corrected chi connectivity index (χ2v) is 7.11. The normalized spacial score (nSPS) is 10.6. The fourth-order valence-electron chi connectivity index (χ4n) is 3.00. The molecule has 0 saturated heterocycles. The number of nitrogens with one attached hydrogen (secondary N) is 1. The lowest BCUT2D eigenvalue weighted by Gasteiger charge is -2.08. The van der Waals surface area contributed by atoms with Gasteiger partial charge < -0.3 is 10.1 Å². The summed E-state index contributed by atoms with van der Waals surface area (Å²) in [7, 11) is 0. The van der Waals surface area contributed by atoms with Crippen molar-refractivity contribution in [2.24, 2.45) is 0 Å². The zero-order valence-corrected chi connectivity index (χ0v) is 17.1. The molecule has 2 aromatic carbocycles. The number of rotatable bonds is 7. The van der Waals surface area contributed by atoms with Crippen molar-refractivity contribution in [3.8, 4) is 0 Å². The van der Waals surface area contributed by atoms with E-state index >= 15 is 0 Å². The molecular formula is C22H22ClN3O3. The van der Waals surface area contributed by atoms with Gasteiger partial charge >= 0.3 is 5.97 Å². The lowest BCUT2D eigenvalue weighted by molar-refractivity contribution is -0.124. The predicted octanol–water partition coefficient (Wildman–Crippen LogP) is 3.67. The third kappa shape index (κ3) is 5.45. The van der Waals surface area contributed by atoms with Crippen LogP contribution < -0.4 is 5.32 Å². The minimum atomic E-state index is -0.558. The van der Waals surface area contributed by atoms with Crippen LogP contribution >= 0.6 is 11.6 Å².